The molecule has 0 aromatic heterocycles. The van der Waals surface area contributed by atoms with E-state index in [1.165, 1.54) is 11.8 Å². The van der Waals surface area contributed by atoms with Crippen molar-refractivity contribution in [3.05, 3.63) is 64.7 Å². The van der Waals surface area contributed by atoms with E-state index in [2.05, 4.69) is 47.7 Å². The van der Waals surface area contributed by atoms with E-state index in [1.807, 2.05) is 31.2 Å². The number of aliphatic imine (C=N–C) groups is 1. The summed E-state index contributed by atoms with van der Waals surface area (Å²) in [5.74, 6) is 1.68. The number of sulfone groups is 1. The molecule has 2 aromatic rings. The van der Waals surface area contributed by atoms with Crippen molar-refractivity contribution < 1.29 is 13.2 Å². The number of hydrogen-bond acceptors (Lipinski definition) is 4. The summed E-state index contributed by atoms with van der Waals surface area (Å²) in [5, 5.41) is 6.62. The number of aryl methyl sites for hydroxylation is 1. The first kappa shape index (κ1) is 27.2. The molecule has 0 amide bonds. The summed E-state index contributed by atoms with van der Waals surface area (Å²) < 4.78 is 28.7. The Hall–Kier alpha value is -1.81. The molecular formula is C23H34IN3O3S. The summed E-state index contributed by atoms with van der Waals surface area (Å²) in [6, 6.07) is 13.8. The van der Waals surface area contributed by atoms with Gasteiger partial charge in [-0.15, -0.1) is 24.0 Å². The maximum absolute atomic E-state index is 11.4. The summed E-state index contributed by atoms with van der Waals surface area (Å²) in [5.41, 5.74) is 4.07. The van der Waals surface area contributed by atoms with Gasteiger partial charge < -0.3 is 15.4 Å². The SMILES string of the molecule is CCCOc1cc(C)ccc1CNC(=NCc1ccc(CS(C)(=O)=O)cc1)NCC.I. The highest BCUT2D eigenvalue weighted by atomic mass is 127. The lowest BCUT2D eigenvalue weighted by molar-refractivity contribution is 0.313. The molecule has 2 N–H and O–H groups in total. The quantitative estimate of drug-likeness (QED) is 0.259. The Morgan fingerprint density at radius 2 is 1.71 bits per heavy atom. The number of nitrogens with zero attached hydrogens (tertiary/aromatic N) is 1. The van der Waals surface area contributed by atoms with Crippen LogP contribution in [0.5, 0.6) is 5.75 Å². The van der Waals surface area contributed by atoms with Crippen molar-refractivity contribution in [2.24, 2.45) is 4.99 Å². The molecule has 0 atom stereocenters. The maximum Gasteiger partial charge on any atom is 0.191 e. The molecule has 0 saturated carbocycles. The molecule has 0 spiro atoms. The molecule has 31 heavy (non-hydrogen) atoms. The van der Waals surface area contributed by atoms with Gasteiger partial charge in [0, 0.05) is 24.9 Å². The van der Waals surface area contributed by atoms with E-state index in [0.29, 0.717) is 19.7 Å². The van der Waals surface area contributed by atoms with E-state index >= 15 is 0 Å². The number of hydrogen-bond donors (Lipinski definition) is 2. The Labute approximate surface area is 203 Å². The summed E-state index contributed by atoms with van der Waals surface area (Å²) in [6.45, 7) is 8.74. The van der Waals surface area contributed by atoms with Gasteiger partial charge in [0.15, 0.2) is 15.8 Å². The van der Waals surface area contributed by atoms with Crippen LogP contribution in [0.3, 0.4) is 0 Å². The normalized spacial score (nSPS) is 11.5. The molecule has 6 nitrogen and oxygen atoms in total. The number of halogens is 1. The molecule has 2 aromatic carbocycles. The van der Waals surface area contributed by atoms with Crippen LogP contribution in [-0.4, -0.2) is 33.8 Å². The fourth-order valence-corrected chi connectivity index (χ4v) is 3.69. The van der Waals surface area contributed by atoms with Gasteiger partial charge in [-0.1, -0.05) is 43.3 Å². The minimum atomic E-state index is -3.03. The number of rotatable bonds is 10. The lowest BCUT2D eigenvalue weighted by Gasteiger charge is -2.15. The van der Waals surface area contributed by atoms with Crippen molar-refractivity contribution in [3.63, 3.8) is 0 Å². The minimum absolute atomic E-state index is 0. The standard InChI is InChI=1S/C23H33N3O3S.HI/c1-5-13-29-22-14-18(3)7-12-21(22)16-26-23(24-6-2)25-15-19-8-10-20(11-9-19)17-30(4,27)28;/h7-12,14H,5-6,13,15-17H2,1-4H3,(H2,24,25,26);1H. The highest BCUT2D eigenvalue weighted by Crippen LogP contribution is 2.20. The number of ether oxygens (including phenoxy) is 1. The fraction of sp³-hybridized carbons (Fsp3) is 0.435. The molecule has 0 aliphatic heterocycles. The molecular weight excluding hydrogens is 525 g/mol. The molecule has 0 fully saturated rings. The van der Waals surface area contributed by atoms with Crippen LogP contribution >= 0.6 is 24.0 Å². The van der Waals surface area contributed by atoms with Crippen LogP contribution in [0.2, 0.25) is 0 Å². The summed E-state index contributed by atoms with van der Waals surface area (Å²) in [7, 11) is -3.03. The van der Waals surface area contributed by atoms with Gasteiger partial charge in [0.25, 0.3) is 0 Å². The number of benzene rings is 2. The second-order valence-corrected chi connectivity index (χ2v) is 9.54. The maximum atomic E-state index is 11.4. The van der Waals surface area contributed by atoms with Gasteiger partial charge >= 0.3 is 0 Å². The third-order valence-corrected chi connectivity index (χ3v) is 5.20. The average molecular weight is 560 g/mol. The zero-order chi connectivity index (χ0) is 22.0. The Balaban J connectivity index is 0.00000480. The van der Waals surface area contributed by atoms with Gasteiger partial charge in [-0.05, 0) is 43.0 Å². The first-order chi connectivity index (χ1) is 14.3. The van der Waals surface area contributed by atoms with Crippen LogP contribution in [0.1, 0.15) is 42.5 Å². The Bertz CT molecular complexity index is 945. The molecule has 0 heterocycles. The van der Waals surface area contributed by atoms with Gasteiger partial charge in [-0.3, -0.25) is 0 Å². The molecule has 172 valence electrons. The van der Waals surface area contributed by atoms with Crippen molar-refractivity contribution in [2.75, 3.05) is 19.4 Å². The second kappa shape index (κ2) is 13.6. The Morgan fingerprint density at radius 1 is 1.03 bits per heavy atom. The van der Waals surface area contributed by atoms with E-state index < -0.39 is 9.84 Å². The van der Waals surface area contributed by atoms with Gasteiger partial charge in [0.2, 0.25) is 0 Å². The van der Waals surface area contributed by atoms with Crippen LogP contribution in [0.25, 0.3) is 0 Å². The smallest absolute Gasteiger partial charge is 0.191 e. The third kappa shape index (κ3) is 10.4. The van der Waals surface area contributed by atoms with E-state index in [9.17, 15) is 8.42 Å². The van der Waals surface area contributed by atoms with E-state index in [4.69, 9.17) is 4.74 Å². The van der Waals surface area contributed by atoms with Gasteiger partial charge in [-0.2, -0.15) is 0 Å². The van der Waals surface area contributed by atoms with Crippen molar-refractivity contribution >= 4 is 39.8 Å². The lowest BCUT2D eigenvalue weighted by Crippen LogP contribution is -2.36. The Morgan fingerprint density at radius 3 is 2.32 bits per heavy atom. The lowest BCUT2D eigenvalue weighted by atomic mass is 10.1. The summed E-state index contributed by atoms with van der Waals surface area (Å²) in [4.78, 5) is 4.65. The molecule has 8 heteroatoms. The number of nitrogens with one attached hydrogen (secondary N) is 2. The predicted molar refractivity (Wildman–Crippen MR) is 139 cm³/mol. The molecule has 0 radical (unpaired) electrons. The second-order valence-electron chi connectivity index (χ2n) is 7.39. The van der Waals surface area contributed by atoms with Crippen molar-refractivity contribution in [1.82, 2.24) is 10.6 Å². The van der Waals surface area contributed by atoms with Gasteiger partial charge in [-0.25, -0.2) is 13.4 Å². The van der Waals surface area contributed by atoms with Crippen LogP contribution < -0.4 is 15.4 Å². The Kier molecular flexibility index (Phi) is 11.9. The van der Waals surface area contributed by atoms with Crippen LogP contribution in [-0.2, 0) is 28.7 Å². The van der Waals surface area contributed by atoms with Crippen LogP contribution in [0.4, 0.5) is 0 Å². The predicted octanol–water partition coefficient (Wildman–Crippen LogP) is 4.20. The molecule has 0 unspecified atom stereocenters. The summed E-state index contributed by atoms with van der Waals surface area (Å²) in [6.07, 6.45) is 2.21. The van der Waals surface area contributed by atoms with Gasteiger partial charge in [0.05, 0.1) is 18.9 Å². The molecule has 0 saturated heterocycles. The summed E-state index contributed by atoms with van der Waals surface area (Å²) >= 11 is 0. The molecule has 0 aliphatic carbocycles. The van der Waals surface area contributed by atoms with Crippen molar-refractivity contribution in [2.45, 2.75) is 46.0 Å². The van der Waals surface area contributed by atoms with E-state index in [-0.39, 0.29) is 29.7 Å². The van der Waals surface area contributed by atoms with Crippen molar-refractivity contribution in [3.8, 4) is 5.75 Å². The monoisotopic (exact) mass is 559 g/mol. The first-order valence-electron chi connectivity index (χ1n) is 10.3. The topological polar surface area (TPSA) is 79.8 Å². The fourth-order valence-electron chi connectivity index (χ4n) is 2.89. The van der Waals surface area contributed by atoms with Crippen molar-refractivity contribution in [1.29, 1.82) is 0 Å². The van der Waals surface area contributed by atoms with Gasteiger partial charge in [0.1, 0.15) is 5.75 Å². The number of guanidine groups is 1. The third-order valence-electron chi connectivity index (χ3n) is 4.35. The van der Waals surface area contributed by atoms with Crippen LogP contribution in [0.15, 0.2) is 47.5 Å². The average Bonchev–Trinajstić information content (AvgIpc) is 2.69. The molecule has 2 rings (SSSR count). The zero-order valence-electron chi connectivity index (χ0n) is 18.8. The molecule has 0 bridgehead atoms. The highest BCUT2D eigenvalue weighted by Gasteiger charge is 2.07. The van der Waals surface area contributed by atoms with Crippen LogP contribution in [0, 0.1) is 6.92 Å². The largest absolute Gasteiger partial charge is 0.493 e. The highest BCUT2D eigenvalue weighted by molar-refractivity contribution is 14.0. The van der Waals surface area contributed by atoms with E-state index in [1.54, 1.807) is 0 Å². The van der Waals surface area contributed by atoms with E-state index in [0.717, 1.165) is 41.4 Å². The first-order valence-corrected chi connectivity index (χ1v) is 12.4. The minimum Gasteiger partial charge on any atom is -0.493 e. The molecule has 0 aliphatic rings. The zero-order valence-corrected chi connectivity index (χ0v) is 21.9.